The van der Waals surface area contributed by atoms with Gasteiger partial charge in [0.1, 0.15) is 5.69 Å². The fourth-order valence-corrected chi connectivity index (χ4v) is 2.36. The van der Waals surface area contributed by atoms with Crippen LogP contribution >= 0.6 is 0 Å². The molecular weight excluding hydrogens is 318 g/mol. The summed E-state index contributed by atoms with van der Waals surface area (Å²) in [6, 6.07) is 15.3. The molecule has 0 spiro atoms. The zero-order chi connectivity index (χ0) is 17.5. The van der Waals surface area contributed by atoms with Gasteiger partial charge in [0.15, 0.2) is 11.5 Å². The van der Waals surface area contributed by atoms with E-state index in [-0.39, 0.29) is 11.8 Å². The number of nitrogens with one attached hydrogen (secondary N) is 2. The molecule has 0 radical (unpaired) electrons. The van der Waals surface area contributed by atoms with Gasteiger partial charge in [0.25, 0.3) is 5.91 Å². The SMILES string of the molecule is CC(CNC(=O)c1cc(-c2ccco2)[nH]n1)COCc1ccccc1. The van der Waals surface area contributed by atoms with Crippen molar-refractivity contribution in [1.82, 2.24) is 15.5 Å². The Hall–Kier alpha value is -2.86. The minimum Gasteiger partial charge on any atom is -0.463 e. The second kappa shape index (κ2) is 8.30. The maximum Gasteiger partial charge on any atom is 0.271 e. The van der Waals surface area contributed by atoms with Crippen molar-refractivity contribution in [2.75, 3.05) is 13.2 Å². The molecule has 3 rings (SSSR count). The van der Waals surface area contributed by atoms with E-state index >= 15 is 0 Å². The van der Waals surface area contributed by atoms with Crippen molar-refractivity contribution in [3.8, 4) is 11.5 Å². The number of amides is 1. The molecule has 0 aliphatic rings. The summed E-state index contributed by atoms with van der Waals surface area (Å²) in [7, 11) is 0. The second-order valence-corrected chi connectivity index (χ2v) is 5.96. The van der Waals surface area contributed by atoms with E-state index in [1.807, 2.05) is 37.3 Å². The van der Waals surface area contributed by atoms with E-state index in [2.05, 4.69) is 15.5 Å². The smallest absolute Gasteiger partial charge is 0.271 e. The van der Waals surface area contributed by atoms with Crippen molar-refractivity contribution < 1.29 is 13.9 Å². The van der Waals surface area contributed by atoms with E-state index in [0.29, 0.717) is 36.9 Å². The quantitative estimate of drug-likeness (QED) is 0.660. The number of benzene rings is 1. The van der Waals surface area contributed by atoms with Gasteiger partial charge in [-0.25, -0.2) is 0 Å². The first-order valence-corrected chi connectivity index (χ1v) is 8.21. The zero-order valence-corrected chi connectivity index (χ0v) is 14.1. The van der Waals surface area contributed by atoms with E-state index in [1.54, 1.807) is 24.5 Å². The lowest BCUT2D eigenvalue weighted by atomic mass is 10.2. The molecular formula is C19H21N3O3. The third-order valence-corrected chi connectivity index (χ3v) is 3.72. The molecule has 1 unspecified atom stereocenters. The molecule has 25 heavy (non-hydrogen) atoms. The molecule has 0 aliphatic heterocycles. The van der Waals surface area contributed by atoms with E-state index in [4.69, 9.17) is 9.15 Å². The lowest BCUT2D eigenvalue weighted by Gasteiger charge is -2.12. The Morgan fingerprint density at radius 2 is 2.12 bits per heavy atom. The molecule has 1 amide bonds. The van der Waals surface area contributed by atoms with Crippen molar-refractivity contribution in [2.45, 2.75) is 13.5 Å². The molecule has 1 atom stereocenters. The molecule has 130 valence electrons. The summed E-state index contributed by atoms with van der Waals surface area (Å²) in [6.45, 7) is 3.71. The van der Waals surface area contributed by atoms with E-state index in [1.165, 1.54) is 0 Å². The largest absolute Gasteiger partial charge is 0.463 e. The Morgan fingerprint density at radius 1 is 1.28 bits per heavy atom. The van der Waals surface area contributed by atoms with Crippen LogP contribution < -0.4 is 5.32 Å². The van der Waals surface area contributed by atoms with Crippen molar-refractivity contribution in [3.05, 3.63) is 66.1 Å². The van der Waals surface area contributed by atoms with Gasteiger partial charge in [0.2, 0.25) is 0 Å². The van der Waals surface area contributed by atoms with Crippen LogP contribution in [0.4, 0.5) is 0 Å². The van der Waals surface area contributed by atoms with E-state index in [9.17, 15) is 4.79 Å². The molecule has 2 heterocycles. The van der Waals surface area contributed by atoms with Gasteiger partial charge in [0, 0.05) is 12.6 Å². The van der Waals surface area contributed by atoms with Crippen molar-refractivity contribution >= 4 is 5.91 Å². The number of furan rings is 1. The van der Waals surface area contributed by atoms with Crippen LogP contribution in [0, 0.1) is 5.92 Å². The summed E-state index contributed by atoms with van der Waals surface area (Å²) in [5.74, 6) is 0.634. The number of rotatable bonds is 8. The van der Waals surface area contributed by atoms with Crippen LogP contribution in [0.25, 0.3) is 11.5 Å². The summed E-state index contributed by atoms with van der Waals surface area (Å²) >= 11 is 0. The topological polar surface area (TPSA) is 80.2 Å². The number of carbonyl (C=O) groups is 1. The van der Waals surface area contributed by atoms with Crippen molar-refractivity contribution in [1.29, 1.82) is 0 Å². The van der Waals surface area contributed by atoms with Crippen LogP contribution in [-0.2, 0) is 11.3 Å². The summed E-state index contributed by atoms with van der Waals surface area (Å²) in [5, 5.41) is 9.70. The number of aromatic amines is 1. The average Bonchev–Trinajstić information content (AvgIpc) is 3.32. The van der Waals surface area contributed by atoms with Gasteiger partial charge in [-0.1, -0.05) is 37.3 Å². The molecule has 6 nitrogen and oxygen atoms in total. The highest BCUT2D eigenvalue weighted by molar-refractivity contribution is 5.93. The van der Waals surface area contributed by atoms with Gasteiger partial charge in [-0.3, -0.25) is 9.89 Å². The average molecular weight is 339 g/mol. The van der Waals surface area contributed by atoms with Crippen LogP contribution in [0.15, 0.2) is 59.2 Å². The van der Waals surface area contributed by atoms with Crippen LogP contribution in [0.3, 0.4) is 0 Å². The van der Waals surface area contributed by atoms with Gasteiger partial charge in [0.05, 0.1) is 19.5 Å². The minimum atomic E-state index is -0.219. The third-order valence-electron chi connectivity index (χ3n) is 3.72. The maximum absolute atomic E-state index is 12.2. The van der Waals surface area contributed by atoms with E-state index < -0.39 is 0 Å². The molecule has 0 fully saturated rings. The van der Waals surface area contributed by atoms with Crippen LogP contribution in [0.2, 0.25) is 0 Å². The van der Waals surface area contributed by atoms with Gasteiger partial charge in [-0.05, 0) is 23.6 Å². The summed E-state index contributed by atoms with van der Waals surface area (Å²) < 4.78 is 11.0. The predicted octanol–water partition coefficient (Wildman–Crippen LogP) is 3.25. The fourth-order valence-electron chi connectivity index (χ4n) is 2.36. The molecule has 0 saturated heterocycles. The zero-order valence-electron chi connectivity index (χ0n) is 14.1. The Morgan fingerprint density at radius 3 is 2.88 bits per heavy atom. The highest BCUT2D eigenvalue weighted by atomic mass is 16.5. The van der Waals surface area contributed by atoms with E-state index in [0.717, 1.165) is 5.56 Å². The van der Waals surface area contributed by atoms with Crippen molar-refractivity contribution in [3.63, 3.8) is 0 Å². The lowest BCUT2D eigenvalue weighted by molar-refractivity contribution is 0.0841. The Kier molecular flexibility index (Phi) is 5.64. The lowest BCUT2D eigenvalue weighted by Crippen LogP contribution is -2.30. The molecule has 3 aromatic rings. The predicted molar refractivity (Wildman–Crippen MR) is 93.9 cm³/mol. The van der Waals surface area contributed by atoms with Crippen LogP contribution in [0.1, 0.15) is 23.0 Å². The Bertz CT molecular complexity index is 781. The monoisotopic (exact) mass is 339 g/mol. The number of hydrogen-bond acceptors (Lipinski definition) is 4. The number of carbonyl (C=O) groups excluding carboxylic acids is 1. The van der Waals surface area contributed by atoms with Crippen LogP contribution in [0.5, 0.6) is 0 Å². The number of hydrogen-bond donors (Lipinski definition) is 2. The highest BCUT2D eigenvalue weighted by Gasteiger charge is 2.13. The third kappa shape index (κ3) is 4.81. The second-order valence-electron chi connectivity index (χ2n) is 5.96. The first kappa shape index (κ1) is 17.0. The summed E-state index contributed by atoms with van der Waals surface area (Å²) in [4.78, 5) is 12.2. The Balaban J connectivity index is 1.41. The minimum absolute atomic E-state index is 0.205. The summed E-state index contributed by atoms with van der Waals surface area (Å²) in [6.07, 6.45) is 1.58. The number of H-pyrrole nitrogens is 1. The van der Waals surface area contributed by atoms with Gasteiger partial charge in [-0.15, -0.1) is 0 Å². The summed E-state index contributed by atoms with van der Waals surface area (Å²) in [5.41, 5.74) is 2.15. The van der Waals surface area contributed by atoms with Gasteiger partial charge < -0.3 is 14.5 Å². The van der Waals surface area contributed by atoms with Gasteiger partial charge in [-0.2, -0.15) is 5.10 Å². The molecule has 2 aromatic heterocycles. The van der Waals surface area contributed by atoms with Crippen LogP contribution in [-0.4, -0.2) is 29.3 Å². The number of aromatic nitrogens is 2. The fraction of sp³-hybridized carbons (Fsp3) is 0.263. The number of ether oxygens (including phenoxy) is 1. The molecule has 0 saturated carbocycles. The molecule has 2 N–H and O–H groups in total. The highest BCUT2D eigenvalue weighted by Crippen LogP contribution is 2.17. The molecule has 0 aliphatic carbocycles. The molecule has 0 bridgehead atoms. The first-order valence-electron chi connectivity index (χ1n) is 8.21. The molecule has 1 aromatic carbocycles. The Labute approximate surface area is 146 Å². The number of nitrogens with zero attached hydrogens (tertiary/aromatic N) is 1. The molecule has 6 heteroatoms. The van der Waals surface area contributed by atoms with Crippen molar-refractivity contribution in [2.24, 2.45) is 5.92 Å². The normalized spacial score (nSPS) is 12.0. The standard InChI is InChI=1S/C19H21N3O3/c1-14(12-24-13-15-6-3-2-4-7-15)11-20-19(23)17-10-16(21-22-17)18-8-5-9-25-18/h2-10,14H,11-13H2,1H3,(H,20,23)(H,21,22). The first-order chi connectivity index (χ1) is 12.2. The maximum atomic E-state index is 12.2. The van der Waals surface area contributed by atoms with Gasteiger partial charge >= 0.3 is 0 Å².